The number of nitrogens with zero attached hydrogens (tertiary/aromatic N) is 1. The minimum atomic E-state index is 0.972. The van der Waals surface area contributed by atoms with E-state index < -0.39 is 0 Å². The third-order valence-electron chi connectivity index (χ3n) is 1.75. The molecule has 1 aliphatic heterocycles. The van der Waals surface area contributed by atoms with Crippen molar-refractivity contribution in [1.82, 2.24) is 4.57 Å². The van der Waals surface area contributed by atoms with E-state index in [4.69, 9.17) is 6.42 Å². The number of fused-ring (bicyclic) bond motifs is 1. The van der Waals surface area contributed by atoms with Crippen LogP contribution in [0.15, 0.2) is 24.4 Å². The molecule has 1 aliphatic rings. The van der Waals surface area contributed by atoms with Crippen molar-refractivity contribution in [2.45, 2.75) is 6.42 Å². The van der Waals surface area contributed by atoms with E-state index in [9.17, 15) is 0 Å². The molecular formula is C9H7N. The first-order chi connectivity index (χ1) is 4.92. The molecule has 1 aromatic rings. The van der Waals surface area contributed by atoms with Gasteiger partial charge in [0, 0.05) is 18.3 Å². The largest absolute Gasteiger partial charge is 0.314 e. The van der Waals surface area contributed by atoms with E-state index in [0.717, 1.165) is 12.1 Å². The van der Waals surface area contributed by atoms with Crippen molar-refractivity contribution < 1.29 is 0 Å². The van der Waals surface area contributed by atoms with Gasteiger partial charge in [-0.05, 0) is 18.2 Å². The number of terminal acetylenes is 1. The Labute approximate surface area is 60.0 Å². The molecule has 0 N–H and O–H groups in total. The molecule has 0 amide bonds. The molecule has 2 heterocycles. The molecule has 0 aromatic carbocycles. The van der Waals surface area contributed by atoms with E-state index in [1.165, 1.54) is 5.69 Å². The predicted molar refractivity (Wildman–Crippen MR) is 41.2 cm³/mol. The van der Waals surface area contributed by atoms with Crippen LogP contribution in [0.4, 0.5) is 0 Å². The molecular weight excluding hydrogens is 122 g/mol. The molecule has 2 rings (SSSR count). The monoisotopic (exact) mass is 129 g/mol. The number of hydrogen-bond donors (Lipinski definition) is 0. The summed E-state index contributed by atoms with van der Waals surface area (Å²) >= 11 is 0. The van der Waals surface area contributed by atoms with Crippen LogP contribution in [-0.4, -0.2) is 4.57 Å². The van der Waals surface area contributed by atoms with Crippen LogP contribution in [0.3, 0.4) is 0 Å². The van der Waals surface area contributed by atoms with Gasteiger partial charge in [0.05, 0.1) is 5.70 Å². The van der Waals surface area contributed by atoms with Gasteiger partial charge >= 0.3 is 0 Å². The topological polar surface area (TPSA) is 4.93 Å². The summed E-state index contributed by atoms with van der Waals surface area (Å²) in [6.45, 7) is 0. The molecule has 0 saturated carbocycles. The third kappa shape index (κ3) is 0.534. The maximum absolute atomic E-state index is 5.27. The minimum absolute atomic E-state index is 0.972. The number of aromatic nitrogens is 1. The lowest BCUT2D eigenvalue weighted by Gasteiger charge is -1.95. The molecule has 0 bridgehead atoms. The first kappa shape index (κ1) is 5.37. The molecule has 10 heavy (non-hydrogen) atoms. The van der Waals surface area contributed by atoms with E-state index in [0.29, 0.717) is 0 Å². The lowest BCUT2D eigenvalue weighted by Crippen LogP contribution is -1.88. The van der Waals surface area contributed by atoms with Crippen LogP contribution in [0.2, 0.25) is 0 Å². The van der Waals surface area contributed by atoms with Crippen molar-refractivity contribution in [3.05, 3.63) is 30.1 Å². The molecule has 0 saturated heterocycles. The summed E-state index contributed by atoms with van der Waals surface area (Å²) in [7, 11) is 0. The predicted octanol–water partition coefficient (Wildman–Crippen LogP) is 1.52. The Balaban J connectivity index is 2.58. The van der Waals surface area contributed by atoms with E-state index in [1.54, 1.807) is 0 Å². The van der Waals surface area contributed by atoms with E-state index >= 15 is 0 Å². The molecule has 0 radical (unpaired) electrons. The summed E-state index contributed by atoms with van der Waals surface area (Å²) in [4.78, 5) is 0. The van der Waals surface area contributed by atoms with Gasteiger partial charge in [0.15, 0.2) is 0 Å². The Morgan fingerprint density at radius 1 is 1.60 bits per heavy atom. The molecule has 1 nitrogen and oxygen atoms in total. The maximum atomic E-state index is 5.27. The zero-order chi connectivity index (χ0) is 6.97. The molecule has 1 aromatic heterocycles. The highest BCUT2D eigenvalue weighted by Crippen LogP contribution is 2.18. The SMILES string of the molecule is C#CC1=CCc2cccn21. The van der Waals surface area contributed by atoms with Crippen LogP contribution in [0.5, 0.6) is 0 Å². The van der Waals surface area contributed by atoms with Gasteiger partial charge in [-0.15, -0.1) is 6.42 Å². The van der Waals surface area contributed by atoms with Crippen molar-refractivity contribution in [3.63, 3.8) is 0 Å². The second-order valence-corrected chi connectivity index (χ2v) is 2.31. The fourth-order valence-electron chi connectivity index (χ4n) is 1.25. The van der Waals surface area contributed by atoms with Gasteiger partial charge in [0.2, 0.25) is 0 Å². The Morgan fingerprint density at radius 3 is 3.30 bits per heavy atom. The minimum Gasteiger partial charge on any atom is -0.314 e. The van der Waals surface area contributed by atoms with Gasteiger partial charge in [0.1, 0.15) is 0 Å². The highest BCUT2D eigenvalue weighted by Gasteiger charge is 2.08. The van der Waals surface area contributed by atoms with Crippen LogP contribution in [0.1, 0.15) is 5.69 Å². The molecule has 48 valence electrons. The van der Waals surface area contributed by atoms with Gasteiger partial charge in [-0.2, -0.15) is 0 Å². The van der Waals surface area contributed by atoms with Gasteiger partial charge < -0.3 is 4.57 Å². The highest BCUT2D eigenvalue weighted by molar-refractivity contribution is 5.66. The van der Waals surface area contributed by atoms with E-state index in [-0.39, 0.29) is 0 Å². The average molecular weight is 129 g/mol. The number of rotatable bonds is 0. The number of hydrogen-bond acceptors (Lipinski definition) is 0. The molecule has 1 heteroatoms. The molecule has 0 unspecified atom stereocenters. The van der Waals surface area contributed by atoms with Crippen LogP contribution in [0, 0.1) is 12.3 Å². The molecule has 0 spiro atoms. The first-order valence-electron chi connectivity index (χ1n) is 3.25. The molecule has 0 atom stereocenters. The fraction of sp³-hybridized carbons (Fsp3) is 0.111. The molecule has 0 aliphatic carbocycles. The van der Waals surface area contributed by atoms with Crippen LogP contribution >= 0.6 is 0 Å². The highest BCUT2D eigenvalue weighted by atomic mass is 15.0. The average Bonchev–Trinajstić information content (AvgIpc) is 2.44. The second-order valence-electron chi connectivity index (χ2n) is 2.31. The van der Waals surface area contributed by atoms with Crippen LogP contribution < -0.4 is 0 Å². The smallest absolute Gasteiger partial charge is 0.0923 e. The van der Waals surface area contributed by atoms with Gasteiger partial charge in [-0.1, -0.05) is 5.92 Å². The Morgan fingerprint density at radius 2 is 2.50 bits per heavy atom. The lowest BCUT2D eigenvalue weighted by molar-refractivity contribution is 1.07. The van der Waals surface area contributed by atoms with Crippen LogP contribution in [0.25, 0.3) is 5.70 Å². The summed E-state index contributed by atoms with van der Waals surface area (Å²) in [5.41, 5.74) is 2.26. The summed E-state index contributed by atoms with van der Waals surface area (Å²) in [5, 5.41) is 0. The summed E-state index contributed by atoms with van der Waals surface area (Å²) in [5.74, 6) is 2.63. The Bertz CT molecular complexity index is 323. The normalized spacial score (nSPS) is 14.1. The van der Waals surface area contributed by atoms with Crippen molar-refractivity contribution >= 4 is 5.70 Å². The van der Waals surface area contributed by atoms with Gasteiger partial charge in [-0.3, -0.25) is 0 Å². The second kappa shape index (κ2) is 1.78. The maximum Gasteiger partial charge on any atom is 0.0923 e. The van der Waals surface area contributed by atoms with Crippen LogP contribution in [-0.2, 0) is 6.42 Å². The van der Waals surface area contributed by atoms with Crippen molar-refractivity contribution in [2.75, 3.05) is 0 Å². The van der Waals surface area contributed by atoms with E-state index in [2.05, 4.69) is 18.1 Å². The lowest BCUT2D eigenvalue weighted by atomic mass is 10.3. The van der Waals surface area contributed by atoms with E-state index in [1.807, 2.05) is 16.8 Å². The zero-order valence-corrected chi connectivity index (χ0v) is 5.54. The van der Waals surface area contributed by atoms with Gasteiger partial charge in [0.25, 0.3) is 0 Å². The van der Waals surface area contributed by atoms with Crippen molar-refractivity contribution in [2.24, 2.45) is 0 Å². The Kier molecular flexibility index (Phi) is 0.956. The van der Waals surface area contributed by atoms with Crippen molar-refractivity contribution in [1.29, 1.82) is 0 Å². The standard InChI is InChI=1S/C9H7N/c1-2-8-5-6-9-4-3-7-10(8)9/h1,3-5,7H,6H2. The molecule has 0 fully saturated rings. The Hall–Kier alpha value is -1.42. The first-order valence-corrected chi connectivity index (χ1v) is 3.25. The fourth-order valence-corrected chi connectivity index (χ4v) is 1.25. The zero-order valence-electron chi connectivity index (χ0n) is 5.54. The summed E-state index contributed by atoms with van der Waals surface area (Å²) in [6, 6.07) is 4.10. The third-order valence-corrected chi connectivity index (χ3v) is 1.75. The summed E-state index contributed by atoms with van der Waals surface area (Å²) < 4.78 is 2.04. The van der Waals surface area contributed by atoms with Crippen molar-refractivity contribution in [3.8, 4) is 12.3 Å². The quantitative estimate of drug-likeness (QED) is 0.468. The van der Waals surface area contributed by atoms with Gasteiger partial charge in [-0.25, -0.2) is 0 Å². The number of allylic oxidation sites excluding steroid dienone is 2. The summed E-state index contributed by atoms with van der Waals surface area (Å²) in [6.07, 6.45) is 10.3.